The molecule has 0 amide bonds. The van der Waals surface area contributed by atoms with Crippen molar-refractivity contribution in [2.75, 3.05) is 7.11 Å². The monoisotopic (exact) mass is 251 g/mol. The molecular formula is C13H14FNOS. The first-order valence-corrected chi connectivity index (χ1v) is 6.25. The number of ether oxygens (including phenoxy) is 1. The van der Waals surface area contributed by atoms with Crippen LogP contribution >= 0.6 is 11.3 Å². The van der Waals surface area contributed by atoms with Gasteiger partial charge in [0.25, 0.3) is 0 Å². The predicted molar refractivity (Wildman–Crippen MR) is 67.9 cm³/mol. The second kappa shape index (κ2) is 5.29. The van der Waals surface area contributed by atoms with Crippen LogP contribution in [0.1, 0.15) is 17.2 Å². The van der Waals surface area contributed by atoms with Gasteiger partial charge in [-0.3, -0.25) is 0 Å². The Morgan fingerprint density at radius 3 is 2.88 bits per heavy atom. The Hall–Kier alpha value is -1.39. The number of hydrogen-bond donors (Lipinski definition) is 1. The molecule has 2 nitrogen and oxygen atoms in total. The minimum Gasteiger partial charge on any atom is -0.496 e. The predicted octanol–water partition coefficient (Wildman–Crippen LogP) is 3.14. The summed E-state index contributed by atoms with van der Waals surface area (Å²) >= 11 is 1.61. The first-order valence-electron chi connectivity index (χ1n) is 5.31. The zero-order valence-electron chi connectivity index (χ0n) is 9.52. The fourth-order valence-corrected chi connectivity index (χ4v) is 2.50. The van der Waals surface area contributed by atoms with E-state index >= 15 is 0 Å². The topological polar surface area (TPSA) is 35.2 Å². The van der Waals surface area contributed by atoms with Crippen LogP contribution in [0.5, 0.6) is 5.75 Å². The van der Waals surface area contributed by atoms with E-state index in [0.29, 0.717) is 17.7 Å². The molecule has 0 saturated heterocycles. The third-order valence-electron chi connectivity index (χ3n) is 2.64. The van der Waals surface area contributed by atoms with Crippen molar-refractivity contribution in [2.24, 2.45) is 5.73 Å². The largest absolute Gasteiger partial charge is 0.496 e. The molecule has 2 aromatic rings. The van der Waals surface area contributed by atoms with E-state index in [1.165, 1.54) is 13.2 Å². The van der Waals surface area contributed by atoms with Crippen molar-refractivity contribution in [3.63, 3.8) is 0 Å². The van der Waals surface area contributed by atoms with Crippen molar-refractivity contribution in [3.05, 3.63) is 52.0 Å². The van der Waals surface area contributed by atoms with Crippen LogP contribution in [0, 0.1) is 5.82 Å². The number of rotatable bonds is 4. The third-order valence-corrected chi connectivity index (χ3v) is 3.37. The molecule has 0 saturated carbocycles. The molecule has 0 radical (unpaired) electrons. The quantitative estimate of drug-likeness (QED) is 0.906. The minimum absolute atomic E-state index is 0.313. The summed E-state index contributed by atoms with van der Waals surface area (Å²) in [4.78, 5) is 0. The lowest BCUT2D eigenvalue weighted by Crippen LogP contribution is -2.16. The highest BCUT2D eigenvalue weighted by Crippen LogP contribution is 2.28. The van der Waals surface area contributed by atoms with Crippen LogP contribution in [-0.2, 0) is 6.42 Å². The molecule has 1 aromatic heterocycles. The summed E-state index contributed by atoms with van der Waals surface area (Å²) < 4.78 is 18.9. The van der Waals surface area contributed by atoms with Crippen LogP contribution in [0.3, 0.4) is 0 Å². The van der Waals surface area contributed by atoms with Gasteiger partial charge in [0.05, 0.1) is 7.11 Å². The first kappa shape index (κ1) is 12.1. The average molecular weight is 251 g/mol. The SMILES string of the molecule is COc1cccc(F)c1C(N)Cc1ccsc1. The Morgan fingerprint density at radius 1 is 1.41 bits per heavy atom. The number of methoxy groups -OCH3 is 1. The van der Waals surface area contributed by atoms with Gasteiger partial charge >= 0.3 is 0 Å². The standard InChI is InChI=1S/C13H14FNOS/c1-16-12-4-2-3-10(14)13(12)11(15)7-9-5-6-17-8-9/h2-6,8,11H,7,15H2,1H3. The van der Waals surface area contributed by atoms with Gasteiger partial charge in [0.1, 0.15) is 11.6 Å². The van der Waals surface area contributed by atoms with E-state index in [9.17, 15) is 4.39 Å². The maximum absolute atomic E-state index is 13.8. The van der Waals surface area contributed by atoms with Crippen LogP contribution in [0.2, 0.25) is 0 Å². The van der Waals surface area contributed by atoms with E-state index in [-0.39, 0.29) is 11.9 Å². The van der Waals surface area contributed by atoms with Crippen LogP contribution in [0.15, 0.2) is 35.0 Å². The molecule has 1 atom stereocenters. The van der Waals surface area contributed by atoms with Crippen LogP contribution in [0.25, 0.3) is 0 Å². The van der Waals surface area contributed by atoms with Gasteiger partial charge < -0.3 is 10.5 Å². The van der Waals surface area contributed by atoms with Crippen molar-refractivity contribution in [1.29, 1.82) is 0 Å². The van der Waals surface area contributed by atoms with Crippen molar-refractivity contribution in [1.82, 2.24) is 0 Å². The van der Waals surface area contributed by atoms with E-state index in [0.717, 1.165) is 5.56 Å². The summed E-state index contributed by atoms with van der Waals surface area (Å²) in [5.41, 5.74) is 7.61. The van der Waals surface area contributed by atoms with Gasteiger partial charge in [-0.25, -0.2) is 4.39 Å². The lowest BCUT2D eigenvalue weighted by atomic mass is 10.00. The van der Waals surface area contributed by atoms with E-state index in [1.807, 2.05) is 16.8 Å². The van der Waals surface area contributed by atoms with E-state index in [2.05, 4.69) is 0 Å². The van der Waals surface area contributed by atoms with Crippen LogP contribution < -0.4 is 10.5 Å². The van der Waals surface area contributed by atoms with Gasteiger partial charge in [0.15, 0.2) is 0 Å². The lowest BCUT2D eigenvalue weighted by Gasteiger charge is -2.15. The Labute approximate surface area is 104 Å². The molecule has 0 aliphatic rings. The zero-order chi connectivity index (χ0) is 12.3. The summed E-state index contributed by atoms with van der Waals surface area (Å²) in [5.74, 6) is 0.194. The van der Waals surface area contributed by atoms with Gasteiger partial charge in [-0.2, -0.15) is 11.3 Å². The number of thiophene rings is 1. The fraction of sp³-hybridized carbons (Fsp3) is 0.231. The summed E-state index contributed by atoms with van der Waals surface area (Å²) in [6.07, 6.45) is 0.612. The molecule has 2 rings (SSSR count). The summed E-state index contributed by atoms with van der Waals surface area (Å²) in [6, 6.07) is 6.37. The van der Waals surface area contributed by atoms with E-state index in [4.69, 9.17) is 10.5 Å². The fourth-order valence-electron chi connectivity index (χ4n) is 1.82. The number of benzene rings is 1. The normalized spacial score (nSPS) is 12.4. The third kappa shape index (κ3) is 2.65. The Kier molecular flexibility index (Phi) is 3.76. The van der Waals surface area contributed by atoms with E-state index < -0.39 is 0 Å². The number of halogens is 1. The van der Waals surface area contributed by atoms with Gasteiger partial charge in [-0.15, -0.1) is 0 Å². The molecule has 0 aliphatic heterocycles. The maximum Gasteiger partial charge on any atom is 0.131 e. The second-order valence-electron chi connectivity index (χ2n) is 3.80. The molecule has 0 bridgehead atoms. The van der Waals surface area contributed by atoms with Gasteiger partial charge in [0, 0.05) is 11.6 Å². The summed E-state index contributed by atoms with van der Waals surface area (Å²) in [6.45, 7) is 0. The van der Waals surface area contributed by atoms with Gasteiger partial charge in [0.2, 0.25) is 0 Å². The number of hydrogen-bond acceptors (Lipinski definition) is 3. The molecular weight excluding hydrogens is 237 g/mol. The summed E-state index contributed by atoms with van der Waals surface area (Å²) in [5, 5.41) is 4.01. The Balaban J connectivity index is 2.26. The highest BCUT2D eigenvalue weighted by molar-refractivity contribution is 7.07. The number of nitrogens with two attached hydrogens (primary N) is 1. The molecule has 1 aromatic carbocycles. The second-order valence-corrected chi connectivity index (χ2v) is 4.58. The Morgan fingerprint density at radius 2 is 2.24 bits per heavy atom. The molecule has 90 valence electrons. The van der Waals surface area contributed by atoms with Crippen molar-refractivity contribution >= 4 is 11.3 Å². The van der Waals surface area contributed by atoms with Crippen molar-refractivity contribution in [2.45, 2.75) is 12.5 Å². The van der Waals surface area contributed by atoms with Crippen LogP contribution in [0.4, 0.5) is 4.39 Å². The van der Waals surface area contributed by atoms with Gasteiger partial charge in [-0.05, 0) is 40.9 Å². The molecule has 0 aliphatic carbocycles. The van der Waals surface area contributed by atoms with Crippen molar-refractivity contribution in [3.8, 4) is 5.75 Å². The molecule has 1 heterocycles. The highest BCUT2D eigenvalue weighted by Gasteiger charge is 2.17. The average Bonchev–Trinajstić information content (AvgIpc) is 2.81. The molecule has 17 heavy (non-hydrogen) atoms. The van der Waals surface area contributed by atoms with E-state index in [1.54, 1.807) is 23.5 Å². The Bertz CT molecular complexity index is 484. The minimum atomic E-state index is -0.388. The lowest BCUT2D eigenvalue weighted by molar-refractivity contribution is 0.399. The first-order chi connectivity index (χ1) is 8.22. The molecule has 2 N–H and O–H groups in total. The molecule has 0 spiro atoms. The van der Waals surface area contributed by atoms with Crippen molar-refractivity contribution < 1.29 is 9.13 Å². The highest BCUT2D eigenvalue weighted by atomic mass is 32.1. The van der Waals surface area contributed by atoms with Crippen LogP contribution in [-0.4, -0.2) is 7.11 Å². The smallest absolute Gasteiger partial charge is 0.131 e. The zero-order valence-corrected chi connectivity index (χ0v) is 10.3. The maximum atomic E-state index is 13.8. The van der Waals surface area contributed by atoms with Gasteiger partial charge in [-0.1, -0.05) is 6.07 Å². The molecule has 4 heteroatoms. The molecule has 0 fully saturated rings. The summed E-state index contributed by atoms with van der Waals surface area (Å²) in [7, 11) is 1.52. The molecule has 1 unspecified atom stereocenters.